The van der Waals surface area contributed by atoms with E-state index >= 15 is 0 Å². The van der Waals surface area contributed by atoms with Gasteiger partial charge >= 0.3 is 0 Å². The first-order valence-electron chi connectivity index (χ1n) is 6.38. The van der Waals surface area contributed by atoms with Gasteiger partial charge in [0, 0.05) is 23.8 Å². The molecule has 0 spiro atoms. The zero-order chi connectivity index (χ0) is 12.4. The second kappa shape index (κ2) is 4.86. The van der Waals surface area contributed by atoms with Gasteiger partial charge in [-0.1, -0.05) is 6.42 Å². The van der Waals surface area contributed by atoms with E-state index < -0.39 is 0 Å². The molecule has 3 rings (SSSR count). The Bertz CT molecular complexity index is 601. The van der Waals surface area contributed by atoms with Crippen molar-refractivity contribution in [1.29, 1.82) is 0 Å². The molecule has 0 radical (unpaired) electrons. The van der Waals surface area contributed by atoms with Crippen molar-refractivity contribution in [3.8, 4) is 0 Å². The molecule has 2 aromatic heterocycles. The molecule has 0 aliphatic carbocycles. The fourth-order valence-corrected chi connectivity index (χ4v) is 2.44. The highest BCUT2D eigenvalue weighted by molar-refractivity contribution is 5.79. The Morgan fingerprint density at radius 2 is 2.33 bits per heavy atom. The van der Waals surface area contributed by atoms with Crippen LogP contribution in [0.2, 0.25) is 0 Å². The summed E-state index contributed by atoms with van der Waals surface area (Å²) in [7, 11) is 0. The van der Waals surface area contributed by atoms with Crippen molar-refractivity contribution in [2.24, 2.45) is 0 Å². The van der Waals surface area contributed by atoms with Crippen molar-refractivity contribution in [3.05, 3.63) is 35.0 Å². The highest BCUT2D eigenvalue weighted by atomic mass is 16.1. The number of hydrogen-bond acceptors (Lipinski definition) is 4. The Morgan fingerprint density at radius 3 is 3.17 bits per heavy atom. The molecular weight excluding hydrogens is 228 g/mol. The number of rotatable bonds is 2. The van der Waals surface area contributed by atoms with Crippen molar-refractivity contribution in [2.75, 3.05) is 6.54 Å². The van der Waals surface area contributed by atoms with Crippen LogP contribution in [0.3, 0.4) is 0 Å². The maximum absolute atomic E-state index is 12.2. The van der Waals surface area contributed by atoms with Gasteiger partial charge in [0.25, 0.3) is 5.56 Å². The molecule has 0 unspecified atom stereocenters. The third-order valence-corrected chi connectivity index (χ3v) is 3.46. The third-order valence-electron chi connectivity index (χ3n) is 3.46. The summed E-state index contributed by atoms with van der Waals surface area (Å²) in [5.41, 5.74) is -0.0482. The van der Waals surface area contributed by atoms with Gasteiger partial charge in [0.05, 0.1) is 18.1 Å². The van der Waals surface area contributed by atoms with E-state index in [0.29, 0.717) is 18.0 Å². The number of nitrogens with zero attached hydrogens (tertiary/aromatic N) is 3. The van der Waals surface area contributed by atoms with Gasteiger partial charge in [0.1, 0.15) is 0 Å². The Kier molecular flexibility index (Phi) is 3.06. The minimum Gasteiger partial charge on any atom is -0.312 e. The minimum absolute atomic E-state index is 0.0482. The summed E-state index contributed by atoms with van der Waals surface area (Å²) in [6, 6.07) is 2.17. The smallest absolute Gasteiger partial charge is 0.276 e. The molecule has 1 aliphatic heterocycles. The van der Waals surface area contributed by atoms with E-state index in [1.807, 2.05) is 6.07 Å². The van der Waals surface area contributed by atoms with E-state index in [-0.39, 0.29) is 5.56 Å². The quantitative estimate of drug-likeness (QED) is 0.854. The first kappa shape index (κ1) is 11.3. The lowest BCUT2D eigenvalue weighted by Gasteiger charge is -2.23. The van der Waals surface area contributed by atoms with Gasteiger partial charge in [-0.05, 0) is 25.5 Å². The van der Waals surface area contributed by atoms with Crippen LogP contribution in [0.15, 0.2) is 29.5 Å². The maximum Gasteiger partial charge on any atom is 0.276 e. The summed E-state index contributed by atoms with van der Waals surface area (Å²) >= 11 is 0. The number of aromatic nitrogens is 3. The zero-order valence-corrected chi connectivity index (χ0v) is 10.2. The second-order valence-corrected chi connectivity index (χ2v) is 4.74. The summed E-state index contributed by atoms with van der Waals surface area (Å²) < 4.78 is 1.55. The highest BCUT2D eigenvalue weighted by Gasteiger charge is 2.14. The predicted octanol–water partition coefficient (Wildman–Crippen LogP) is 0.934. The fourth-order valence-electron chi connectivity index (χ4n) is 2.44. The Morgan fingerprint density at radius 1 is 1.39 bits per heavy atom. The molecule has 1 aliphatic rings. The molecule has 5 nitrogen and oxygen atoms in total. The van der Waals surface area contributed by atoms with Gasteiger partial charge < -0.3 is 5.32 Å². The van der Waals surface area contributed by atoms with E-state index in [1.54, 1.807) is 23.3 Å². The van der Waals surface area contributed by atoms with Crippen LogP contribution in [0.4, 0.5) is 0 Å². The largest absolute Gasteiger partial charge is 0.312 e. The SMILES string of the molecule is O=c1c2cnccc2cnn1C[C@@H]1CCCCN1. The molecule has 0 saturated carbocycles. The van der Waals surface area contributed by atoms with E-state index in [9.17, 15) is 4.79 Å². The minimum atomic E-state index is -0.0482. The van der Waals surface area contributed by atoms with Gasteiger partial charge in [-0.3, -0.25) is 9.78 Å². The van der Waals surface area contributed by atoms with Gasteiger partial charge in [0.2, 0.25) is 0 Å². The first-order chi connectivity index (χ1) is 8.84. The molecule has 3 heterocycles. The van der Waals surface area contributed by atoms with E-state index in [1.165, 1.54) is 12.8 Å². The van der Waals surface area contributed by atoms with Gasteiger partial charge in [-0.15, -0.1) is 0 Å². The second-order valence-electron chi connectivity index (χ2n) is 4.74. The molecule has 1 N–H and O–H groups in total. The third kappa shape index (κ3) is 2.13. The molecule has 18 heavy (non-hydrogen) atoms. The lowest BCUT2D eigenvalue weighted by atomic mass is 10.1. The Balaban J connectivity index is 1.92. The van der Waals surface area contributed by atoms with Gasteiger partial charge in [0.15, 0.2) is 0 Å². The number of pyridine rings is 1. The normalized spacial score (nSPS) is 20.1. The average Bonchev–Trinajstić information content (AvgIpc) is 2.43. The van der Waals surface area contributed by atoms with E-state index in [2.05, 4.69) is 15.4 Å². The van der Waals surface area contributed by atoms with Crippen LogP contribution in [-0.4, -0.2) is 27.4 Å². The summed E-state index contributed by atoms with van der Waals surface area (Å²) in [5, 5.41) is 9.16. The summed E-state index contributed by atoms with van der Waals surface area (Å²) in [4.78, 5) is 16.2. The molecule has 1 fully saturated rings. The van der Waals surface area contributed by atoms with Crippen molar-refractivity contribution < 1.29 is 0 Å². The molecule has 0 aromatic carbocycles. The Labute approximate surface area is 105 Å². The van der Waals surface area contributed by atoms with Crippen LogP contribution >= 0.6 is 0 Å². The molecule has 2 aromatic rings. The monoisotopic (exact) mass is 244 g/mol. The summed E-state index contributed by atoms with van der Waals surface area (Å²) in [6.07, 6.45) is 8.59. The molecule has 1 atom stereocenters. The number of hydrogen-bond donors (Lipinski definition) is 1. The van der Waals surface area contributed by atoms with Crippen LogP contribution in [-0.2, 0) is 6.54 Å². The van der Waals surface area contributed by atoms with Gasteiger partial charge in [-0.25, -0.2) is 4.68 Å². The fraction of sp³-hybridized carbons (Fsp3) is 0.462. The van der Waals surface area contributed by atoms with Crippen LogP contribution in [0.25, 0.3) is 10.8 Å². The van der Waals surface area contributed by atoms with Crippen molar-refractivity contribution in [2.45, 2.75) is 31.8 Å². The van der Waals surface area contributed by atoms with Crippen LogP contribution in [0, 0.1) is 0 Å². The van der Waals surface area contributed by atoms with Crippen LogP contribution in [0.5, 0.6) is 0 Å². The molecular formula is C13H16N4O. The summed E-state index contributed by atoms with van der Waals surface area (Å²) in [6.45, 7) is 1.68. The van der Waals surface area contributed by atoms with Gasteiger partial charge in [-0.2, -0.15) is 5.10 Å². The van der Waals surface area contributed by atoms with Crippen LogP contribution < -0.4 is 10.9 Å². The number of nitrogens with one attached hydrogen (secondary N) is 1. The molecule has 94 valence electrons. The number of piperidine rings is 1. The lowest BCUT2D eigenvalue weighted by Crippen LogP contribution is -2.40. The standard InChI is InChI=1S/C13H16N4O/c18-13-12-8-14-6-4-10(12)7-16-17(13)9-11-3-1-2-5-15-11/h4,6-8,11,15H,1-3,5,9H2/t11-/m0/s1. The molecule has 5 heteroatoms. The Hall–Kier alpha value is -1.75. The zero-order valence-electron chi connectivity index (χ0n) is 10.2. The topological polar surface area (TPSA) is 59.8 Å². The lowest BCUT2D eigenvalue weighted by molar-refractivity contribution is 0.346. The van der Waals surface area contributed by atoms with E-state index in [4.69, 9.17) is 0 Å². The molecule has 1 saturated heterocycles. The number of fused-ring (bicyclic) bond motifs is 1. The van der Waals surface area contributed by atoms with Crippen molar-refractivity contribution in [3.63, 3.8) is 0 Å². The first-order valence-corrected chi connectivity index (χ1v) is 6.38. The highest BCUT2D eigenvalue weighted by Crippen LogP contribution is 2.09. The molecule has 0 bridgehead atoms. The van der Waals surface area contributed by atoms with Crippen molar-refractivity contribution in [1.82, 2.24) is 20.1 Å². The maximum atomic E-state index is 12.2. The predicted molar refractivity (Wildman–Crippen MR) is 69.4 cm³/mol. The van der Waals surface area contributed by atoms with Crippen molar-refractivity contribution >= 4 is 10.8 Å². The molecule has 0 amide bonds. The van der Waals surface area contributed by atoms with Crippen LogP contribution in [0.1, 0.15) is 19.3 Å². The summed E-state index contributed by atoms with van der Waals surface area (Å²) in [5.74, 6) is 0. The average molecular weight is 244 g/mol. The van der Waals surface area contributed by atoms with E-state index in [0.717, 1.165) is 18.4 Å².